The first-order valence-electron chi connectivity index (χ1n) is 9.05. The summed E-state index contributed by atoms with van der Waals surface area (Å²) in [7, 11) is 0. The quantitative estimate of drug-likeness (QED) is 0.432. The number of nitrogens with one attached hydrogen (secondary N) is 1. The van der Waals surface area contributed by atoms with E-state index in [-0.39, 0.29) is 11.7 Å². The van der Waals surface area contributed by atoms with Gasteiger partial charge < -0.3 is 14.1 Å². The predicted octanol–water partition coefficient (Wildman–Crippen LogP) is 5.33. The SMILES string of the molecule is O=C(C[C@@H](COCc1ccccc1)c1c[nH]c2ccccc12)c1ccco1. The fraction of sp³-hybridized carbons (Fsp3) is 0.174. The minimum atomic E-state index is -0.0533. The molecule has 4 rings (SSSR count). The van der Waals surface area contributed by atoms with Crippen LogP contribution in [0.4, 0.5) is 0 Å². The monoisotopic (exact) mass is 359 g/mol. The van der Waals surface area contributed by atoms with Crippen LogP contribution in [0.5, 0.6) is 0 Å². The molecule has 4 heteroatoms. The minimum Gasteiger partial charge on any atom is -0.461 e. The number of ketones is 1. The first-order chi connectivity index (χ1) is 13.3. The summed E-state index contributed by atoms with van der Waals surface area (Å²) in [4.78, 5) is 15.9. The van der Waals surface area contributed by atoms with E-state index in [4.69, 9.17) is 9.15 Å². The van der Waals surface area contributed by atoms with Crippen molar-refractivity contribution in [1.29, 1.82) is 0 Å². The Labute approximate surface area is 157 Å². The zero-order chi connectivity index (χ0) is 18.5. The molecular formula is C23H21NO3. The Morgan fingerprint density at radius 1 is 1.00 bits per heavy atom. The predicted molar refractivity (Wildman–Crippen MR) is 105 cm³/mol. The van der Waals surface area contributed by atoms with Crippen molar-refractivity contribution in [3.63, 3.8) is 0 Å². The van der Waals surface area contributed by atoms with Crippen molar-refractivity contribution < 1.29 is 13.9 Å². The molecule has 2 heterocycles. The Bertz CT molecular complexity index is 1000. The molecule has 0 aliphatic heterocycles. The first kappa shape index (κ1) is 17.3. The second-order valence-electron chi connectivity index (χ2n) is 6.59. The number of carbonyl (C=O) groups is 1. The lowest BCUT2D eigenvalue weighted by atomic mass is 9.93. The Morgan fingerprint density at radius 2 is 1.81 bits per heavy atom. The average Bonchev–Trinajstić information content (AvgIpc) is 3.38. The molecule has 1 atom stereocenters. The summed E-state index contributed by atoms with van der Waals surface area (Å²) >= 11 is 0. The van der Waals surface area contributed by atoms with Gasteiger partial charge in [0.2, 0.25) is 0 Å². The Morgan fingerprint density at radius 3 is 2.63 bits per heavy atom. The summed E-state index contributed by atoms with van der Waals surface area (Å²) in [5, 5.41) is 1.12. The molecule has 0 amide bonds. The zero-order valence-corrected chi connectivity index (χ0v) is 14.9. The molecule has 0 aliphatic carbocycles. The normalized spacial score (nSPS) is 12.3. The largest absolute Gasteiger partial charge is 0.461 e. The second-order valence-corrected chi connectivity index (χ2v) is 6.59. The van der Waals surface area contributed by atoms with E-state index < -0.39 is 0 Å². The highest BCUT2D eigenvalue weighted by Gasteiger charge is 2.22. The van der Waals surface area contributed by atoms with Crippen LogP contribution in [0.3, 0.4) is 0 Å². The van der Waals surface area contributed by atoms with Crippen LogP contribution < -0.4 is 0 Å². The Kier molecular flexibility index (Phi) is 5.17. The third-order valence-corrected chi connectivity index (χ3v) is 4.72. The van der Waals surface area contributed by atoms with E-state index in [1.807, 2.05) is 54.7 Å². The number of hydrogen-bond donors (Lipinski definition) is 1. The second kappa shape index (κ2) is 8.06. The lowest BCUT2D eigenvalue weighted by Gasteiger charge is -2.16. The number of para-hydroxylation sites is 1. The minimum absolute atomic E-state index is 0.0152. The molecule has 2 aromatic carbocycles. The molecular weight excluding hydrogens is 338 g/mol. The van der Waals surface area contributed by atoms with E-state index in [1.54, 1.807) is 12.1 Å². The molecule has 0 unspecified atom stereocenters. The molecule has 4 nitrogen and oxygen atoms in total. The van der Waals surface area contributed by atoms with Gasteiger partial charge in [-0.3, -0.25) is 4.79 Å². The van der Waals surface area contributed by atoms with E-state index in [9.17, 15) is 4.79 Å². The fourth-order valence-electron chi connectivity index (χ4n) is 3.35. The molecule has 0 spiro atoms. The molecule has 136 valence electrons. The number of benzene rings is 2. The van der Waals surface area contributed by atoms with Crippen LogP contribution in [0.2, 0.25) is 0 Å². The smallest absolute Gasteiger partial charge is 0.198 e. The molecule has 2 aromatic heterocycles. The first-order valence-corrected chi connectivity index (χ1v) is 9.05. The third kappa shape index (κ3) is 4.01. The summed E-state index contributed by atoms with van der Waals surface area (Å²) < 4.78 is 11.3. The van der Waals surface area contributed by atoms with Crippen LogP contribution >= 0.6 is 0 Å². The Hall–Kier alpha value is -3.11. The average molecular weight is 359 g/mol. The number of aromatic nitrogens is 1. The van der Waals surface area contributed by atoms with Crippen LogP contribution in [0, 0.1) is 0 Å². The molecule has 0 saturated carbocycles. The number of H-pyrrole nitrogens is 1. The Balaban J connectivity index is 1.54. The van der Waals surface area contributed by atoms with Crippen molar-refractivity contribution in [2.75, 3.05) is 6.61 Å². The number of fused-ring (bicyclic) bond motifs is 1. The van der Waals surface area contributed by atoms with Crippen LogP contribution in [0.15, 0.2) is 83.6 Å². The van der Waals surface area contributed by atoms with Crippen LogP contribution in [0.25, 0.3) is 10.9 Å². The van der Waals surface area contributed by atoms with Crippen molar-refractivity contribution in [3.8, 4) is 0 Å². The molecule has 0 saturated heterocycles. The number of Topliss-reactive ketones (excluding diaryl/α,β-unsaturated/α-hetero) is 1. The third-order valence-electron chi connectivity index (χ3n) is 4.72. The highest BCUT2D eigenvalue weighted by molar-refractivity contribution is 5.94. The molecule has 0 aliphatic rings. The maximum absolute atomic E-state index is 12.6. The highest BCUT2D eigenvalue weighted by Crippen LogP contribution is 2.29. The van der Waals surface area contributed by atoms with E-state index in [0.29, 0.717) is 25.4 Å². The maximum Gasteiger partial charge on any atom is 0.198 e. The number of aromatic amines is 1. The molecule has 0 radical (unpaired) electrons. The van der Waals surface area contributed by atoms with Crippen molar-refractivity contribution in [2.24, 2.45) is 0 Å². The number of carbonyl (C=O) groups excluding carboxylic acids is 1. The van der Waals surface area contributed by atoms with Gasteiger partial charge in [0.25, 0.3) is 0 Å². The standard InChI is InChI=1S/C23H21NO3/c25-22(23-11-6-12-27-23)13-18(16-26-15-17-7-2-1-3-8-17)20-14-24-21-10-5-4-9-19(20)21/h1-12,14,18,24H,13,15-16H2/t18-/m0/s1. The number of furan rings is 1. The van der Waals surface area contributed by atoms with Crippen LogP contribution in [-0.2, 0) is 11.3 Å². The van der Waals surface area contributed by atoms with E-state index in [1.165, 1.54) is 6.26 Å². The number of hydrogen-bond acceptors (Lipinski definition) is 3. The maximum atomic E-state index is 12.6. The van der Waals surface area contributed by atoms with Gasteiger partial charge in [0.1, 0.15) is 0 Å². The van der Waals surface area contributed by atoms with E-state index in [0.717, 1.165) is 22.0 Å². The number of ether oxygens (including phenoxy) is 1. The molecule has 1 N–H and O–H groups in total. The summed E-state index contributed by atoms with van der Waals surface area (Å²) in [6.45, 7) is 0.984. The zero-order valence-electron chi connectivity index (χ0n) is 14.9. The van der Waals surface area contributed by atoms with Gasteiger partial charge in [0.15, 0.2) is 11.5 Å². The van der Waals surface area contributed by atoms with Gasteiger partial charge in [-0.1, -0.05) is 48.5 Å². The van der Waals surface area contributed by atoms with Gasteiger partial charge in [-0.25, -0.2) is 0 Å². The van der Waals surface area contributed by atoms with Gasteiger partial charge in [-0.15, -0.1) is 0 Å². The van der Waals surface area contributed by atoms with Crippen molar-refractivity contribution in [3.05, 3.63) is 96.1 Å². The van der Waals surface area contributed by atoms with Gasteiger partial charge in [-0.05, 0) is 29.3 Å². The van der Waals surface area contributed by atoms with Crippen molar-refractivity contribution in [2.45, 2.75) is 18.9 Å². The van der Waals surface area contributed by atoms with Gasteiger partial charge in [-0.2, -0.15) is 0 Å². The topological polar surface area (TPSA) is 55.2 Å². The van der Waals surface area contributed by atoms with Crippen LogP contribution in [-0.4, -0.2) is 17.4 Å². The molecule has 0 bridgehead atoms. The van der Waals surface area contributed by atoms with E-state index >= 15 is 0 Å². The van der Waals surface area contributed by atoms with Gasteiger partial charge in [0.05, 0.1) is 19.5 Å². The number of rotatable bonds is 8. The molecule has 27 heavy (non-hydrogen) atoms. The summed E-state index contributed by atoms with van der Waals surface area (Å²) in [5.74, 6) is 0.323. The van der Waals surface area contributed by atoms with E-state index in [2.05, 4.69) is 11.1 Å². The lowest BCUT2D eigenvalue weighted by molar-refractivity contribution is 0.0848. The van der Waals surface area contributed by atoms with Crippen molar-refractivity contribution in [1.82, 2.24) is 4.98 Å². The van der Waals surface area contributed by atoms with Gasteiger partial charge >= 0.3 is 0 Å². The van der Waals surface area contributed by atoms with Gasteiger partial charge in [0, 0.05) is 29.4 Å². The highest BCUT2D eigenvalue weighted by atomic mass is 16.5. The summed E-state index contributed by atoms with van der Waals surface area (Å²) in [6, 6.07) is 21.6. The van der Waals surface area contributed by atoms with Crippen molar-refractivity contribution >= 4 is 16.7 Å². The lowest BCUT2D eigenvalue weighted by Crippen LogP contribution is -2.13. The summed E-state index contributed by atoms with van der Waals surface area (Å²) in [5.41, 5.74) is 3.28. The fourth-order valence-corrected chi connectivity index (χ4v) is 3.35. The molecule has 0 fully saturated rings. The van der Waals surface area contributed by atoms with Crippen LogP contribution in [0.1, 0.15) is 34.0 Å². The summed E-state index contributed by atoms with van der Waals surface area (Å²) in [6.07, 6.45) is 3.85. The molecule has 4 aromatic rings.